The highest BCUT2D eigenvalue weighted by Crippen LogP contribution is 2.00. The maximum atomic E-state index is 5.17. The minimum absolute atomic E-state index is 0.0731. The van der Waals surface area contributed by atoms with Gasteiger partial charge in [-0.2, -0.15) is 0 Å². The number of hydrogen-bond acceptors (Lipinski definition) is 2. The van der Waals surface area contributed by atoms with Gasteiger partial charge in [-0.3, -0.25) is 0 Å². The third kappa shape index (κ3) is 2.27. The number of hydrogen-bond donors (Lipinski definition) is 0. The Morgan fingerprint density at radius 3 is 2.10 bits per heavy atom. The fourth-order valence-corrected chi connectivity index (χ4v) is 2.17. The normalized spacial score (nSPS) is 26.6. The smallest absolute Gasteiger partial charge is 0.0220 e. The van der Waals surface area contributed by atoms with Crippen molar-refractivity contribution >= 4 is 20.8 Å². The molecule has 1 heterocycles. The molecule has 1 unspecified atom stereocenters. The van der Waals surface area contributed by atoms with Crippen molar-refractivity contribution in [2.45, 2.75) is 0 Å². The monoisotopic (exact) mass is 178 g/mol. The van der Waals surface area contributed by atoms with Crippen LogP contribution < -0.4 is 0 Å². The van der Waals surface area contributed by atoms with E-state index in [4.69, 9.17) is 11.2 Å². The van der Waals surface area contributed by atoms with Crippen LogP contribution in [0.4, 0.5) is 0 Å². The van der Waals surface area contributed by atoms with Crippen LogP contribution >= 0.6 is 0 Å². The molecule has 0 aromatic carbocycles. The van der Waals surface area contributed by atoms with Crippen LogP contribution in [-0.4, -0.2) is 48.7 Å². The van der Waals surface area contributed by atoms with Gasteiger partial charge in [0.2, 0.25) is 0 Å². The van der Waals surface area contributed by atoms with Crippen molar-refractivity contribution in [2.75, 3.05) is 39.5 Å². The highest BCUT2D eigenvalue weighted by molar-refractivity contribution is 8.27. The van der Waals surface area contributed by atoms with Gasteiger partial charge in [0.05, 0.1) is 0 Å². The third-order valence-corrected chi connectivity index (χ3v) is 3.55. The lowest BCUT2D eigenvalue weighted by Gasteiger charge is -2.31. The Bertz CT molecular complexity index is 130. The second-order valence-corrected chi connectivity index (χ2v) is 5.47. The van der Waals surface area contributed by atoms with Crippen molar-refractivity contribution in [1.82, 2.24) is 9.21 Å². The fraction of sp³-hybridized carbons (Fsp3) is 1.00. The number of likely N-dealkylation sites (N-methyl/N-ethyl adjacent to an activating group) is 1. The van der Waals surface area contributed by atoms with Gasteiger partial charge in [-0.15, -0.1) is 0 Å². The van der Waals surface area contributed by atoms with E-state index in [9.17, 15) is 0 Å². The number of nitrogens with zero attached hydrogens (tertiary/aromatic N) is 2. The van der Waals surface area contributed by atoms with Gasteiger partial charge >= 0.3 is 0 Å². The van der Waals surface area contributed by atoms with Crippen molar-refractivity contribution in [1.29, 1.82) is 0 Å². The van der Waals surface area contributed by atoms with Gasteiger partial charge in [-0.25, -0.2) is 4.31 Å². The third-order valence-electron chi connectivity index (χ3n) is 1.83. The van der Waals surface area contributed by atoms with E-state index < -0.39 is 0 Å². The Balaban J connectivity index is 2.33. The van der Waals surface area contributed by atoms with Gasteiger partial charge < -0.3 is 4.90 Å². The molecule has 4 heteroatoms. The molecule has 0 amide bonds. The molecule has 0 aliphatic carbocycles. The van der Waals surface area contributed by atoms with E-state index >= 15 is 0 Å². The lowest BCUT2D eigenvalue weighted by molar-refractivity contribution is 0.233. The first kappa shape index (κ1) is 8.59. The predicted octanol–water partition coefficient (Wildman–Crippen LogP) is -0.141. The highest BCUT2D eigenvalue weighted by Gasteiger charge is 2.13. The minimum atomic E-state index is 0.0731. The largest absolute Gasteiger partial charge is 0.304 e. The van der Waals surface area contributed by atoms with Crippen LogP contribution in [0.1, 0.15) is 0 Å². The first-order valence-electron chi connectivity index (χ1n) is 3.47. The lowest BCUT2D eigenvalue weighted by atomic mass is 10.4. The van der Waals surface area contributed by atoms with Crippen molar-refractivity contribution < 1.29 is 0 Å². The molecule has 1 saturated heterocycles. The number of rotatable bonds is 1. The zero-order chi connectivity index (χ0) is 7.56. The van der Waals surface area contributed by atoms with Crippen molar-refractivity contribution in [3.63, 3.8) is 0 Å². The van der Waals surface area contributed by atoms with E-state index in [2.05, 4.69) is 22.5 Å². The molecular formula is C6H14N2S2. The Morgan fingerprint density at radius 1 is 1.20 bits per heavy atom. The van der Waals surface area contributed by atoms with E-state index in [1.165, 1.54) is 13.1 Å². The zero-order valence-electron chi connectivity index (χ0n) is 6.54. The second kappa shape index (κ2) is 3.76. The summed E-state index contributed by atoms with van der Waals surface area (Å²) in [4.78, 5) is 2.35. The first-order valence-corrected chi connectivity index (χ1v) is 5.98. The molecule has 10 heavy (non-hydrogen) atoms. The number of piperazine rings is 1. The Hall–Kier alpha value is 0.490. The van der Waals surface area contributed by atoms with Gasteiger partial charge in [0.15, 0.2) is 0 Å². The summed E-state index contributed by atoms with van der Waals surface area (Å²) in [5.41, 5.74) is 0. The maximum Gasteiger partial charge on any atom is 0.0220 e. The maximum absolute atomic E-state index is 5.17. The Morgan fingerprint density at radius 2 is 1.70 bits per heavy atom. The zero-order valence-corrected chi connectivity index (χ0v) is 8.17. The molecule has 0 radical (unpaired) electrons. The van der Waals surface area contributed by atoms with Crippen LogP contribution in [0.25, 0.3) is 0 Å². The summed E-state index contributed by atoms with van der Waals surface area (Å²) in [7, 11) is 2.23. The Labute approximate surface area is 69.9 Å². The van der Waals surface area contributed by atoms with E-state index in [1.54, 1.807) is 0 Å². The molecule has 0 bridgehead atoms. The fourth-order valence-electron chi connectivity index (χ4n) is 1.05. The summed E-state index contributed by atoms with van der Waals surface area (Å²) >= 11 is 5.17. The standard InChI is InChI=1S/C6H14N2S2/c1-7-3-5-8(6-4-7)10(2)9/h3-6H2,1-2H3. The second-order valence-electron chi connectivity index (χ2n) is 2.66. The van der Waals surface area contributed by atoms with Crippen LogP contribution in [0.2, 0.25) is 0 Å². The van der Waals surface area contributed by atoms with Crippen LogP contribution in [0.3, 0.4) is 0 Å². The average molecular weight is 178 g/mol. The summed E-state index contributed by atoms with van der Waals surface area (Å²) in [5, 5.41) is 0. The topological polar surface area (TPSA) is 6.48 Å². The van der Waals surface area contributed by atoms with E-state index in [0.29, 0.717) is 0 Å². The summed E-state index contributed by atoms with van der Waals surface area (Å²) in [6.07, 6.45) is 2.11. The molecule has 1 atom stereocenters. The quantitative estimate of drug-likeness (QED) is 0.552. The molecule has 0 aromatic rings. The lowest BCUT2D eigenvalue weighted by Crippen LogP contribution is -2.44. The molecule has 0 aromatic heterocycles. The Kier molecular flexibility index (Phi) is 3.23. The van der Waals surface area contributed by atoms with Crippen molar-refractivity contribution in [3.05, 3.63) is 0 Å². The summed E-state index contributed by atoms with van der Waals surface area (Å²) in [5.74, 6) is 0. The molecular weight excluding hydrogens is 164 g/mol. The molecule has 1 fully saturated rings. The molecule has 1 rings (SSSR count). The average Bonchev–Trinajstić information content (AvgIpc) is 1.88. The van der Waals surface area contributed by atoms with Gasteiger partial charge in [-0.05, 0) is 18.2 Å². The van der Waals surface area contributed by atoms with Crippen molar-refractivity contribution in [3.8, 4) is 0 Å². The first-order chi connectivity index (χ1) is 4.70. The molecule has 0 N–H and O–H groups in total. The SMILES string of the molecule is CN1CCN(S(C)=S)CC1. The summed E-state index contributed by atoms with van der Waals surface area (Å²) < 4.78 is 2.37. The van der Waals surface area contributed by atoms with E-state index in [0.717, 1.165) is 13.1 Å². The molecule has 0 saturated carbocycles. The highest BCUT2D eigenvalue weighted by atomic mass is 32.8. The minimum Gasteiger partial charge on any atom is -0.304 e. The van der Waals surface area contributed by atoms with Gasteiger partial charge in [0.1, 0.15) is 0 Å². The van der Waals surface area contributed by atoms with E-state index in [1.807, 2.05) is 0 Å². The molecule has 0 spiro atoms. The molecule has 1 aliphatic heterocycles. The summed E-state index contributed by atoms with van der Waals surface area (Å²) in [6, 6.07) is 0. The van der Waals surface area contributed by atoms with Gasteiger partial charge in [-0.1, -0.05) is 9.64 Å². The molecule has 60 valence electrons. The van der Waals surface area contributed by atoms with Crippen LogP contribution in [0, 0.1) is 0 Å². The molecule has 2 nitrogen and oxygen atoms in total. The van der Waals surface area contributed by atoms with Gasteiger partial charge in [0, 0.05) is 32.4 Å². The summed E-state index contributed by atoms with van der Waals surface area (Å²) in [6.45, 7) is 4.65. The van der Waals surface area contributed by atoms with Crippen LogP contribution in [0.5, 0.6) is 0 Å². The predicted molar refractivity (Wildman–Crippen MR) is 49.7 cm³/mol. The van der Waals surface area contributed by atoms with Crippen LogP contribution in [-0.2, 0) is 20.8 Å². The van der Waals surface area contributed by atoms with Crippen molar-refractivity contribution in [2.24, 2.45) is 0 Å². The van der Waals surface area contributed by atoms with E-state index in [-0.39, 0.29) is 9.64 Å². The molecule has 1 aliphatic rings. The van der Waals surface area contributed by atoms with Gasteiger partial charge in [0.25, 0.3) is 0 Å². The van der Waals surface area contributed by atoms with Crippen LogP contribution in [0.15, 0.2) is 0 Å².